The van der Waals surface area contributed by atoms with Crippen molar-refractivity contribution in [1.82, 2.24) is 4.98 Å². The number of aryl methyl sites for hydroxylation is 2. The number of thiazole rings is 1. The van der Waals surface area contributed by atoms with E-state index in [0.29, 0.717) is 12.0 Å². The van der Waals surface area contributed by atoms with Gasteiger partial charge in [-0.05, 0) is 26.0 Å². The topological polar surface area (TPSA) is 56.3 Å². The van der Waals surface area contributed by atoms with Crippen molar-refractivity contribution in [3.8, 4) is 0 Å². The molecule has 0 spiro atoms. The van der Waals surface area contributed by atoms with Crippen LogP contribution in [-0.2, 0) is 16.0 Å². The maximum atomic E-state index is 12.3. The third-order valence-corrected chi connectivity index (χ3v) is 4.99. The van der Waals surface area contributed by atoms with Crippen LogP contribution in [0, 0.1) is 6.92 Å². The van der Waals surface area contributed by atoms with Crippen molar-refractivity contribution in [2.45, 2.75) is 32.8 Å². The third kappa shape index (κ3) is 4.31. The van der Waals surface area contributed by atoms with Gasteiger partial charge < -0.3 is 4.74 Å². The highest BCUT2D eigenvalue weighted by Gasteiger charge is 2.19. The maximum absolute atomic E-state index is 12.3. The summed E-state index contributed by atoms with van der Waals surface area (Å²) in [7, 11) is 0. The first-order valence-corrected chi connectivity index (χ1v) is 8.99. The van der Waals surface area contributed by atoms with Crippen LogP contribution in [0.1, 0.15) is 34.3 Å². The van der Waals surface area contributed by atoms with E-state index in [0.717, 1.165) is 20.8 Å². The molecule has 1 heterocycles. The molecule has 0 saturated heterocycles. The number of hydrogen-bond acceptors (Lipinski definition) is 5. The van der Waals surface area contributed by atoms with Crippen LogP contribution in [0.5, 0.6) is 0 Å². The Hall–Kier alpha value is -2.53. The largest absolute Gasteiger partial charge is 0.454 e. The molecule has 2 aromatic carbocycles. The standard InChI is InChI=1S/C20H19NO3S/c1-13-7-9-15(10-8-13)20(23)14(2)24-19(22)12-11-18-21-16-5-3-4-6-17(16)25-18/h3-10,14H,11-12H2,1-2H3/t14-/m0/s1. The second kappa shape index (κ2) is 7.57. The van der Waals surface area contributed by atoms with Crippen molar-refractivity contribution in [1.29, 1.82) is 0 Å². The zero-order chi connectivity index (χ0) is 17.8. The van der Waals surface area contributed by atoms with E-state index in [1.54, 1.807) is 30.4 Å². The first-order chi connectivity index (χ1) is 12.0. The number of carbonyl (C=O) groups excluding carboxylic acids is 2. The number of esters is 1. The van der Waals surface area contributed by atoms with Gasteiger partial charge >= 0.3 is 5.97 Å². The molecule has 0 fully saturated rings. The van der Waals surface area contributed by atoms with Gasteiger partial charge in [0.15, 0.2) is 6.10 Å². The lowest BCUT2D eigenvalue weighted by molar-refractivity contribution is -0.146. The number of aromatic nitrogens is 1. The van der Waals surface area contributed by atoms with Gasteiger partial charge in [0.1, 0.15) is 0 Å². The minimum Gasteiger partial charge on any atom is -0.454 e. The molecule has 0 radical (unpaired) electrons. The summed E-state index contributed by atoms with van der Waals surface area (Å²) < 4.78 is 6.39. The fourth-order valence-electron chi connectivity index (χ4n) is 2.50. The normalized spacial score (nSPS) is 12.1. The maximum Gasteiger partial charge on any atom is 0.306 e. The molecule has 25 heavy (non-hydrogen) atoms. The molecule has 128 valence electrons. The van der Waals surface area contributed by atoms with Crippen molar-refractivity contribution in [3.63, 3.8) is 0 Å². The Labute approximate surface area is 150 Å². The smallest absolute Gasteiger partial charge is 0.306 e. The minimum absolute atomic E-state index is 0.187. The number of hydrogen-bond donors (Lipinski definition) is 0. The highest BCUT2D eigenvalue weighted by atomic mass is 32.1. The van der Waals surface area contributed by atoms with Crippen molar-refractivity contribution in [2.24, 2.45) is 0 Å². The molecule has 0 N–H and O–H groups in total. The molecule has 0 aliphatic rings. The highest BCUT2D eigenvalue weighted by Crippen LogP contribution is 2.22. The molecule has 1 atom stereocenters. The zero-order valence-electron chi connectivity index (χ0n) is 14.2. The molecule has 3 aromatic rings. The summed E-state index contributed by atoms with van der Waals surface area (Å²) in [6, 6.07) is 15.1. The number of para-hydroxylation sites is 1. The Bertz CT molecular complexity index is 866. The molecular weight excluding hydrogens is 334 g/mol. The number of ketones is 1. The Kier molecular flexibility index (Phi) is 5.24. The van der Waals surface area contributed by atoms with Gasteiger partial charge in [0, 0.05) is 12.0 Å². The molecule has 0 aliphatic carbocycles. The van der Waals surface area contributed by atoms with Crippen LogP contribution in [0.2, 0.25) is 0 Å². The van der Waals surface area contributed by atoms with E-state index in [9.17, 15) is 9.59 Å². The zero-order valence-corrected chi connectivity index (χ0v) is 15.0. The molecule has 0 aliphatic heterocycles. The van der Waals surface area contributed by atoms with Crippen molar-refractivity contribution >= 4 is 33.3 Å². The van der Waals surface area contributed by atoms with Gasteiger partial charge in [0.2, 0.25) is 5.78 Å². The number of carbonyl (C=O) groups is 2. The predicted octanol–water partition coefficient (Wildman–Crippen LogP) is 4.35. The molecule has 0 saturated carbocycles. The summed E-state index contributed by atoms with van der Waals surface area (Å²) in [5, 5.41) is 0.899. The molecule has 0 bridgehead atoms. The molecule has 4 nitrogen and oxygen atoms in total. The highest BCUT2D eigenvalue weighted by molar-refractivity contribution is 7.18. The number of fused-ring (bicyclic) bond motifs is 1. The van der Waals surface area contributed by atoms with E-state index < -0.39 is 6.10 Å². The van der Waals surface area contributed by atoms with Crippen LogP contribution in [0.25, 0.3) is 10.2 Å². The van der Waals surface area contributed by atoms with E-state index in [-0.39, 0.29) is 18.2 Å². The van der Waals surface area contributed by atoms with Gasteiger partial charge in [-0.15, -0.1) is 11.3 Å². The Morgan fingerprint density at radius 1 is 1.12 bits per heavy atom. The summed E-state index contributed by atoms with van der Waals surface area (Å²) >= 11 is 1.58. The first-order valence-electron chi connectivity index (χ1n) is 8.18. The summed E-state index contributed by atoms with van der Waals surface area (Å²) in [6.45, 7) is 3.57. The van der Waals surface area contributed by atoms with Crippen molar-refractivity contribution in [2.75, 3.05) is 0 Å². The van der Waals surface area contributed by atoms with Crippen LogP contribution < -0.4 is 0 Å². The molecular formula is C20H19NO3S. The van der Waals surface area contributed by atoms with Crippen LogP contribution in [0.3, 0.4) is 0 Å². The van der Waals surface area contributed by atoms with E-state index >= 15 is 0 Å². The van der Waals surface area contributed by atoms with Gasteiger partial charge in [-0.3, -0.25) is 9.59 Å². The Morgan fingerprint density at radius 3 is 2.56 bits per heavy atom. The Balaban J connectivity index is 1.54. The van der Waals surface area contributed by atoms with Crippen molar-refractivity contribution < 1.29 is 14.3 Å². The first kappa shape index (κ1) is 17.3. The fraction of sp³-hybridized carbons (Fsp3) is 0.250. The molecule has 3 rings (SSSR count). The van der Waals surface area contributed by atoms with Crippen LogP contribution in [0.15, 0.2) is 48.5 Å². The van der Waals surface area contributed by atoms with E-state index in [4.69, 9.17) is 4.74 Å². The molecule has 5 heteroatoms. The van der Waals surface area contributed by atoms with Gasteiger partial charge in [0.25, 0.3) is 0 Å². The summed E-state index contributed by atoms with van der Waals surface area (Å²) in [5.41, 5.74) is 2.58. The number of benzene rings is 2. The second-order valence-corrected chi connectivity index (χ2v) is 7.05. The number of ether oxygens (including phenoxy) is 1. The van der Waals surface area contributed by atoms with Gasteiger partial charge in [-0.25, -0.2) is 4.98 Å². The lowest BCUT2D eigenvalue weighted by atomic mass is 10.1. The lowest BCUT2D eigenvalue weighted by Gasteiger charge is -2.12. The average molecular weight is 353 g/mol. The average Bonchev–Trinajstić information content (AvgIpc) is 3.03. The Morgan fingerprint density at radius 2 is 1.84 bits per heavy atom. The quantitative estimate of drug-likeness (QED) is 0.488. The number of rotatable bonds is 6. The summed E-state index contributed by atoms with van der Waals surface area (Å²) in [6.07, 6.45) is -0.0554. The van der Waals surface area contributed by atoms with Crippen LogP contribution >= 0.6 is 11.3 Å². The van der Waals surface area contributed by atoms with E-state index in [1.807, 2.05) is 43.3 Å². The number of nitrogens with zero attached hydrogens (tertiary/aromatic N) is 1. The van der Waals surface area contributed by atoms with Gasteiger partial charge in [0.05, 0.1) is 21.6 Å². The fourth-order valence-corrected chi connectivity index (χ4v) is 3.46. The summed E-state index contributed by atoms with van der Waals surface area (Å²) in [4.78, 5) is 28.8. The van der Waals surface area contributed by atoms with Crippen LogP contribution in [-0.4, -0.2) is 22.8 Å². The SMILES string of the molecule is Cc1ccc(C(=O)[C@H](C)OC(=O)CCc2nc3ccccc3s2)cc1. The second-order valence-electron chi connectivity index (χ2n) is 5.94. The van der Waals surface area contributed by atoms with E-state index in [1.165, 1.54) is 0 Å². The monoisotopic (exact) mass is 353 g/mol. The van der Waals surface area contributed by atoms with E-state index in [2.05, 4.69) is 4.98 Å². The molecule has 0 unspecified atom stereocenters. The van der Waals surface area contributed by atoms with Gasteiger partial charge in [-0.1, -0.05) is 42.0 Å². The van der Waals surface area contributed by atoms with Gasteiger partial charge in [-0.2, -0.15) is 0 Å². The minimum atomic E-state index is -0.787. The number of Topliss-reactive ketones (excluding diaryl/α,β-unsaturated/α-hetero) is 1. The predicted molar refractivity (Wildman–Crippen MR) is 99.0 cm³/mol. The summed E-state index contributed by atoms with van der Waals surface area (Å²) in [5.74, 6) is -0.569. The van der Waals surface area contributed by atoms with Crippen LogP contribution in [0.4, 0.5) is 0 Å². The molecule has 1 aromatic heterocycles. The third-order valence-electron chi connectivity index (χ3n) is 3.89. The molecule has 0 amide bonds. The lowest BCUT2D eigenvalue weighted by Crippen LogP contribution is -2.24. The van der Waals surface area contributed by atoms with Crippen molar-refractivity contribution in [3.05, 3.63) is 64.7 Å².